The van der Waals surface area contributed by atoms with Gasteiger partial charge >= 0.3 is 0 Å². The molecule has 0 unspecified atom stereocenters. The van der Waals surface area contributed by atoms with Crippen molar-refractivity contribution in [3.05, 3.63) is 88.0 Å². The van der Waals surface area contributed by atoms with E-state index in [-0.39, 0.29) is 11.3 Å². The molecule has 9 N–H and O–H groups in total. The Morgan fingerprint density at radius 3 is 2.57 bits per heavy atom. The lowest BCUT2D eigenvalue weighted by molar-refractivity contribution is -0.117. The van der Waals surface area contributed by atoms with E-state index >= 15 is 0 Å². The number of methoxy groups -OCH3 is 1. The molecule has 0 amide bonds. The van der Waals surface area contributed by atoms with Gasteiger partial charge in [0, 0.05) is 66.6 Å². The van der Waals surface area contributed by atoms with Crippen LogP contribution in [0.4, 0.5) is 5.69 Å². The Balaban J connectivity index is 1.32. The molecule has 3 aromatic rings. The van der Waals surface area contributed by atoms with Gasteiger partial charge in [-0.2, -0.15) is 5.10 Å². The Bertz CT molecular complexity index is 1910. The van der Waals surface area contributed by atoms with Crippen molar-refractivity contribution in [1.82, 2.24) is 20.7 Å². The van der Waals surface area contributed by atoms with Crippen LogP contribution in [0.1, 0.15) is 25.3 Å². The van der Waals surface area contributed by atoms with Gasteiger partial charge in [-0.3, -0.25) is 4.90 Å². The standard InChI is InChI=1S/C35H41Cl2N11O2S/c1-21(49)12-13-35(39)19-48(20-35)18-23-10-11-27(45-34(23)50-3)26-8-4-6-24(31(26)36)25-7-5-9-28(32(25)37)44-33-22(2)43-30(51-15-14-42-33)17-41-16-29(38)46-47-40/h4-11,14-15,41,47H,2,12-13,16-20,39-40H2,1,3H3,(H2,38,46)(H,42,44)/b15-14-,43-30?. The minimum atomic E-state index is -0.342. The summed E-state index contributed by atoms with van der Waals surface area (Å²) < 4.78 is 5.70. The number of ether oxygens (including phenoxy) is 1. The summed E-state index contributed by atoms with van der Waals surface area (Å²) in [6.45, 7) is 8.50. The SMILES string of the molecule is C=C1N=C(CNC/C(N)=N/NN)S/C=C\N=C1Nc1cccc(-c2cccc(-c3ccc(CN4CC(N)(CCC(C)=O)C4)c(OC)n3)c2Cl)c1Cl. The maximum absolute atomic E-state index is 11.4. The molecule has 3 heterocycles. The number of aliphatic imine (C=N–C) groups is 2. The second-order valence-corrected chi connectivity index (χ2v) is 13.9. The first-order valence-electron chi connectivity index (χ1n) is 16.0. The molecule has 0 radical (unpaired) electrons. The maximum Gasteiger partial charge on any atom is 0.218 e. The Morgan fingerprint density at radius 1 is 1.12 bits per heavy atom. The largest absolute Gasteiger partial charge is 0.481 e. The second-order valence-electron chi connectivity index (χ2n) is 12.2. The van der Waals surface area contributed by atoms with Crippen molar-refractivity contribution in [2.24, 2.45) is 32.4 Å². The number of nitrogens with zero attached hydrogens (tertiary/aromatic N) is 5. The number of hydrazine groups is 1. The third kappa shape index (κ3) is 9.74. The van der Waals surface area contributed by atoms with Gasteiger partial charge in [0.25, 0.3) is 0 Å². The van der Waals surface area contributed by atoms with Gasteiger partial charge in [-0.15, -0.1) is 0 Å². The van der Waals surface area contributed by atoms with Crippen LogP contribution in [-0.2, 0) is 11.3 Å². The Labute approximate surface area is 311 Å². The van der Waals surface area contributed by atoms with E-state index in [9.17, 15) is 4.79 Å². The molecule has 268 valence electrons. The van der Waals surface area contributed by atoms with E-state index in [0.29, 0.717) is 95.8 Å². The predicted octanol–water partition coefficient (Wildman–Crippen LogP) is 4.88. The molecule has 0 spiro atoms. The summed E-state index contributed by atoms with van der Waals surface area (Å²) in [4.78, 5) is 27.6. The van der Waals surface area contributed by atoms with Crippen molar-refractivity contribution in [3.63, 3.8) is 0 Å². The van der Waals surface area contributed by atoms with Crippen LogP contribution < -0.4 is 38.2 Å². The number of halogens is 2. The van der Waals surface area contributed by atoms with Gasteiger partial charge in [-0.05, 0) is 30.9 Å². The molecule has 51 heavy (non-hydrogen) atoms. The number of anilines is 1. The smallest absolute Gasteiger partial charge is 0.218 e. The summed E-state index contributed by atoms with van der Waals surface area (Å²) in [7, 11) is 1.60. The molecule has 2 aromatic carbocycles. The molecule has 0 atom stereocenters. The lowest BCUT2D eigenvalue weighted by Gasteiger charge is -2.48. The molecule has 0 aliphatic carbocycles. The molecular formula is C35H41Cl2N11O2S. The first kappa shape index (κ1) is 38.0. The van der Waals surface area contributed by atoms with Crippen LogP contribution in [0.3, 0.4) is 0 Å². The number of Topliss-reactive ketones (excluding diaryl/α,β-unsaturated/α-hetero) is 1. The van der Waals surface area contributed by atoms with E-state index in [1.165, 1.54) is 11.8 Å². The number of benzene rings is 2. The fourth-order valence-electron chi connectivity index (χ4n) is 5.72. The van der Waals surface area contributed by atoms with Crippen LogP contribution in [-0.4, -0.2) is 71.2 Å². The number of rotatable bonds is 14. The van der Waals surface area contributed by atoms with Crippen LogP contribution in [0.2, 0.25) is 10.0 Å². The number of nitrogens with one attached hydrogen (secondary N) is 3. The number of likely N-dealkylation sites (tertiary alicyclic amines) is 1. The van der Waals surface area contributed by atoms with E-state index < -0.39 is 0 Å². The van der Waals surface area contributed by atoms with E-state index in [2.05, 4.69) is 42.7 Å². The number of hydrazone groups is 1. The zero-order chi connectivity index (χ0) is 36.5. The van der Waals surface area contributed by atoms with Crippen molar-refractivity contribution in [2.45, 2.75) is 31.8 Å². The second kappa shape index (κ2) is 17.3. The van der Waals surface area contributed by atoms with Gasteiger partial charge < -0.3 is 31.6 Å². The van der Waals surface area contributed by atoms with E-state index in [1.807, 2.05) is 53.9 Å². The Kier molecular flexibility index (Phi) is 12.9. The molecule has 2 aliphatic rings. The molecule has 0 saturated carbocycles. The van der Waals surface area contributed by atoms with Crippen molar-refractivity contribution >= 4 is 63.1 Å². The third-order valence-corrected chi connectivity index (χ3v) is 9.77. The van der Waals surface area contributed by atoms with Crippen LogP contribution in [0.25, 0.3) is 22.4 Å². The average molecular weight is 751 g/mol. The van der Waals surface area contributed by atoms with Gasteiger partial charge in [0.2, 0.25) is 5.88 Å². The number of hydrogen-bond acceptors (Lipinski definition) is 13. The van der Waals surface area contributed by atoms with Crippen LogP contribution in [0.15, 0.2) is 87.5 Å². The normalized spacial score (nSPS) is 16.7. The topological polar surface area (TPSA) is 194 Å². The summed E-state index contributed by atoms with van der Waals surface area (Å²) in [5.74, 6) is 6.57. The molecule has 5 rings (SSSR count). The van der Waals surface area contributed by atoms with Crippen molar-refractivity contribution in [1.29, 1.82) is 0 Å². The molecule has 1 aromatic heterocycles. The number of aromatic nitrogens is 1. The van der Waals surface area contributed by atoms with Crippen molar-refractivity contribution in [2.75, 3.05) is 38.6 Å². The highest BCUT2D eigenvalue weighted by atomic mass is 35.5. The van der Waals surface area contributed by atoms with E-state index in [1.54, 1.807) is 20.2 Å². The number of pyridine rings is 1. The maximum atomic E-state index is 11.4. The first-order chi connectivity index (χ1) is 24.5. The molecule has 1 fully saturated rings. The van der Waals surface area contributed by atoms with Crippen LogP contribution in [0, 0.1) is 0 Å². The van der Waals surface area contributed by atoms with Crippen molar-refractivity contribution < 1.29 is 9.53 Å². The molecule has 2 aliphatic heterocycles. The lowest BCUT2D eigenvalue weighted by atomic mass is 9.85. The van der Waals surface area contributed by atoms with Crippen molar-refractivity contribution in [3.8, 4) is 28.3 Å². The minimum Gasteiger partial charge on any atom is -0.481 e. The first-order valence-corrected chi connectivity index (χ1v) is 17.7. The summed E-state index contributed by atoms with van der Waals surface area (Å²) >= 11 is 15.5. The zero-order valence-corrected chi connectivity index (χ0v) is 30.7. The molecule has 0 bridgehead atoms. The van der Waals surface area contributed by atoms with Gasteiger partial charge in [0.1, 0.15) is 11.6 Å². The molecular weight excluding hydrogens is 709 g/mol. The number of carbonyl (C=O) groups is 1. The summed E-state index contributed by atoms with van der Waals surface area (Å²) in [6, 6.07) is 15.3. The fourth-order valence-corrected chi connectivity index (χ4v) is 6.95. The molecule has 1 saturated heterocycles. The van der Waals surface area contributed by atoms with Crippen LogP contribution >= 0.6 is 35.0 Å². The number of carbonyl (C=O) groups excluding carboxylic acids is 1. The monoisotopic (exact) mass is 749 g/mol. The highest BCUT2D eigenvalue weighted by molar-refractivity contribution is 8.16. The van der Waals surface area contributed by atoms with Gasteiger partial charge in [0.15, 0.2) is 5.84 Å². The van der Waals surface area contributed by atoms with E-state index in [4.69, 9.17) is 50.2 Å². The number of hydrogen-bond donors (Lipinski definition) is 6. The summed E-state index contributed by atoms with van der Waals surface area (Å²) in [5, 5.41) is 13.7. The zero-order valence-electron chi connectivity index (χ0n) is 28.4. The quantitative estimate of drug-likeness (QED) is 0.0570. The molecule has 16 heteroatoms. The predicted molar refractivity (Wildman–Crippen MR) is 210 cm³/mol. The highest BCUT2D eigenvalue weighted by Gasteiger charge is 2.39. The number of ketones is 1. The highest BCUT2D eigenvalue weighted by Crippen LogP contribution is 2.42. The van der Waals surface area contributed by atoms with E-state index in [0.717, 1.165) is 21.7 Å². The summed E-state index contributed by atoms with van der Waals surface area (Å²) in [6.07, 6.45) is 2.84. The summed E-state index contributed by atoms with van der Waals surface area (Å²) in [5.41, 5.74) is 18.8. The number of amidine groups is 2. The number of thioether (sulfide) groups is 1. The fraction of sp³-hybridized carbons (Fsp3) is 0.286. The van der Waals surface area contributed by atoms with Gasteiger partial charge in [-0.25, -0.2) is 26.3 Å². The minimum absolute atomic E-state index is 0.155. The average Bonchev–Trinajstić information content (AvgIpc) is 3.08. The molecule has 13 nitrogen and oxygen atoms in total. The van der Waals surface area contributed by atoms with Gasteiger partial charge in [0.05, 0.1) is 45.8 Å². The van der Waals surface area contributed by atoms with Gasteiger partial charge in [-0.1, -0.05) is 77.9 Å². The third-order valence-electron chi connectivity index (χ3n) is 8.19. The Morgan fingerprint density at radius 2 is 1.84 bits per heavy atom. The number of nitrogens with two attached hydrogens (primary N) is 3. The lowest BCUT2D eigenvalue weighted by Crippen LogP contribution is -2.66. The van der Waals surface area contributed by atoms with Crippen LogP contribution in [0.5, 0.6) is 5.88 Å². The Hall–Kier alpha value is -4.28.